The summed E-state index contributed by atoms with van der Waals surface area (Å²) in [5.74, 6) is -0.0374. The summed E-state index contributed by atoms with van der Waals surface area (Å²) < 4.78 is 0.886. The van der Waals surface area contributed by atoms with Crippen LogP contribution in [0.5, 0.6) is 0 Å². The van der Waals surface area contributed by atoms with Gasteiger partial charge >= 0.3 is 0 Å². The van der Waals surface area contributed by atoms with E-state index in [2.05, 4.69) is 21.2 Å². The fourth-order valence-electron chi connectivity index (χ4n) is 2.46. The average molecular weight is 412 g/mol. The van der Waals surface area contributed by atoms with Crippen LogP contribution in [0.2, 0.25) is 0 Å². The van der Waals surface area contributed by atoms with Gasteiger partial charge < -0.3 is 5.32 Å². The maximum absolute atomic E-state index is 13.0. The molecule has 0 unspecified atom stereocenters. The Balaban J connectivity index is 1.87. The predicted molar refractivity (Wildman–Crippen MR) is 109 cm³/mol. The second kappa shape index (κ2) is 8.37. The van der Waals surface area contributed by atoms with Gasteiger partial charge in [0.2, 0.25) is 5.91 Å². The van der Waals surface area contributed by atoms with Crippen molar-refractivity contribution in [1.29, 1.82) is 0 Å². The van der Waals surface area contributed by atoms with E-state index in [1.165, 1.54) is 0 Å². The number of rotatable bonds is 5. The maximum atomic E-state index is 13.0. The SMILES string of the molecule is Cc1ccc(NC(=O)[C@@H](Sc2ccccc2)c2ccccc2)c(Br)c1. The molecule has 0 aliphatic rings. The van der Waals surface area contributed by atoms with Crippen molar-refractivity contribution in [3.8, 4) is 0 Å². The molecule has 0 radical (unpaired) electrons. The van der Waals surface area contributed by atoms with Crippen LogP contribution >= 0.6 is 27.7 Å². The third-order valence-electron chi connectivity index (χ3n) is 3.72. The maximum Gasteiger partial charge on any atom is 0.242 e. The van der Waals surface area contributed by atoms with Crippen LogP contribution in [0, 0.1) is 6.92 Å². The molecule has 0 fully saturated rings. The van der Waals surface area contributed by atoms with E-state index < -0.39 is 0 Å². The highest BCUT2D eigenvalue weighted by molar-refractivity contribution is 9.10. The normalized spacial score (nSPS) is 11.8. The first-order valence-corrected chi connectivity index (χ1v) is 9.64. The lowest BCUT2D eigenvalue weighted by molar-refractivity contribution is -0.115. The number of benzene rings is 3. The highest BCUT2D eigenvalue weighted by atomic mass is 79.9. The molecule has 0 spiro atoms. The summed E-state index contributed by atoms with van der Waals surface area (Å²) in [5, 5.41) is 2.73. The van der Waals surface area contributed by atoms with Crippen LogP contribution in [-0.4, -0.2) is 5.91 Å². The predicted octanol–water partition coefficient (Wildman–Crippen LogP) is 6.23. The van der Waals surface area contributed by atoms with Gasteiger partial charge in [0, 0.05) is 9.37 Å². The number of halogens is 1. The number of hydrogen-bond donors (Lipinski definition) is 1. The van der Waals surface area contributed by atoms with Crippen LogP contribution in [0.3, 0.4) is 0 Å². The summed E-state index contributed by atoms with van der Waals surface area (Å²) >= 11 is 5.08. The minimum absolute atomic E-state index is 0.0374. The number of amides is 1. The number of nitrogens with one attached hydrogen (secondary N) is 1. The first kappa shape index (κ1) is 17.8. The van der Waals surface area contributed by atoms with E-state index in [-0.39, 0.29) is 11.2 Å². The van der Waals surface area contributed by atoms with Crippen LogP contribution in [0.25, 0.3) is 0 Å². The fourth-order valence-corrected chi connectivity index (χ4v) is 4.09. The van der Waals surface area contributed by atoms with Crippen LogP contribution in [0.15, 0.2) is 88.2 Å². The number of hydrogen-bond acceptors (Lipinski definition) is 2. The molecule has 0 aliphatic heterocycles. The molecule has 25 heavy (non-hydrogen) atoms. The van der Waals surface area contributed by atoms with Crippen LogP contribution < -0.4 is 5.32 Å². The molecular formula is C21H18BrNOS. The lowest BCUT2D eigenvalue weighted by Gasteiger charge is -2.18. The van der Waals surface area contributed by atoms with Crippen molar-refractivity contribution >= 4 is 39.3 Å². The second-order valence-corrected chi connectivity index (χ2v) is 7.73. The van der Waals surface area contributed by atoms with Crippen LogP contribution in [-0.2, 0) is 4.79 Å². The Labute approximate surface area is 160 Å². The molecule has 3 aromatic rings. The van der Waals surface area contributed by atoms with E-state index in [0.717, 1.165) is 26.2 Å². The zero-order chi connectivity index (χ0) is 17.6. The highest BCUT2D eigenvalue weighted by Crippen LogP contribution is 2.36. The first-order chi connectivity index (χ1) is 12.1. The van der Waals surface area contributed by atoms with Gasteiger partial charge in [0.1, 0.15) is 5.25 Å². The number of thioether (sulfide) groups is 1. The van der Waals surface area contributed by atoms with E-state index in [0.29, 0.717) is 0 Å². The van der Waals surface area contributed by atoms with E-state index in [1.54, 1.807) is 11.8 Å². The molecule has 0 bridgehead atoms. The van der Waals surface area contributed by atoms with Gasteiger partial charge in [0.15, 0.2) is 0 Å². The van der Waals surface area contributed by atoms with Gasteiger partial charge in [0.25, 0.3) is 0 Å². The number of carbonyl (C=O) groups is 1. The van der Waals surface area contributed by atoms with E-state index in [4.69, 9.17) is 0 Å². The Morgan fingerprint density at radius 3 is 2.24 bits per heavy atom. The molecule has 3 rings (SSSR count). The van der Waals surface area contributed by atoms with E-state index in [9.17, 15) is 4.79 Å². The average Bonchev–Trinajstić information content (AvgIpc) is 2.63. The van der Waals surface area contributed by atoms with Crippen molar-refractivity contribution in [1.82, 2.24) is 0 Å². The topological polar surface area (TPSA) is 29.1 Å². The Bertz CT molecular complexity index is 852. The summed E-state index contributed by atoms with van der Waals surface area (Å²) in [4.78, 5) is 14.1. The zero-order valence-electron chi connectivity index (χ0n) is 13.8. The summed E-state index contributed by atoms with van der Waals surface area (Å²) in [6.45, 7) is 2.02. The van der Waals surface area contributed by atoms with Gasteiger partial charge in [-0.2, -0.15) is 0 Å². The molecule has 0 heterocycles. The third kappa shape index (κ3) is 4.74. The number of carbonyl (C=O) groups excluding carboxylic acids is 1. The number of anilines is 1. The Hall–Kier alpha value is -2.04. The van der Waals surface area contributed by atoms with Gasteiger partial charge in [0.05, 0.1) is 5.69 Å². The molecule has 0 saturated carbocycles. The van der Waals surface area contributed by atoms with Gasteiger partial charge in [-0.05, 0) is 58.2 Å². The monoisotopic (exact) mass is 411 g/mol. The molecular weight excluding hydrogens is 394 g/mol. The Morgan fingerprint density at radius 1 is 0.960 bits per heavy atom. The molecule has 0 aromatic heterocycles. The van der Waals surface area contributed by atoms with Crippen molar-refractivity contribution in [2.75, 3.05) is 5.32 Å². The minimum Gasteiger partial charge on any atom is -0.324 e. The van der Waals surface area contributed by atoms with Gasteiger partial charge in [-0.15, -0.1) is 11.8 Å². The second-order valence-electron chi connectivity index (χ2n) is 5.69. The molecule has 4 heteroatoms. The van der Waals surface area contributed by atoms with Crippen LogP contribution in [0.1, 0.15) is 16.4 Å². The molecule has 0 aliphatic carbocycles. The van der Waals surface area contributed by atoms with E-state index >= 15 is 0 Å². The van der Waals surface area contributed by atoms with Crippen molar-refractivity contribution in [2.24, 2.45) is 0 Å². The number of aryl methyl sites for hydroxylation is 1. The molecule has 1 atom stereocenters. The summed E-state index contributed by atoms with van der Waals surface area (Å²) in [6, 6.07) is 25.8. The molecule has 126 valence electrons. The summed E-state index contributed by atoms with van der Waals surface area (Å²) in [6.07, 6.45) is 0. The van der Waals surface area contributed by atoms with E-state index in [1.807, 2.05) is 85.8 Å². The van der Waals surface area contributed by atoms with Gasteiger partial charge in [-0.1, -0.05) is 54.6 Å². The van der Waals surface area contributed by atoms with Gasteiger partial charge in [-0.25, -0.2) is 0 Å². The Morgan fingerprint density at radius 2 is 1.60 bits per heavy atom. The summed E-state index contributed by atoms with van der Waals surface area (Å²) in [5.41, 5.74) is 2.91. The Kier molecular flexibility index (Phi) is 5.95. The largest absolute Gasteiger partial charge is 0.324 e. The van der Waals surface area contributed by atoms with Crippen molar-refractivity contribution in [3.63, 3.8) is 0 Å². The molecule has 2 nitrogen and oxygen atoms in total. The summed E-state index contributed by atoms with van der Waals surface area (Å²) in [7, 11) is 0. The quantitative estimate of drug-likeness (QED) is 0.504. The third-order valence-corrected chi connectivity index (χ3v) is 5.64. The fraction of sp³-hybridized carbons (Fsp3) is 0.0952. The standard InChI is InChI=1S/C21H18BrNOS/c1-15-12-13-19(18(22)14-15)23-21(24)20(16-8-4-2-5-9-16)25-17-10-6-3-7-11-17/h2-14,20H,1H3,(H,23,24)/t20-/m0/s1. The molecule has 1 N–H and O–H groups in total. The minimum atomic E-state index is -0.322. The highest BCUT2D eigenvalue weighted by Gasteiger charge is 2.22. The van der Waals surface area contributed by atoms with Crippen molar-refractivity contribution in [2.45, 2.75) is 17.1 Å². The molecule has 3 aromatic carbocycles. The van der Waals surface area contributed by atoms with Crippen LogP contribution in [0.4, 0.5) is 5.69 Å². The van der Waals surface area contributed by atoms with Crippen molar-refractivity contribution in [3.05, 3.63) is 94.5 Å². The zero-order valence-corrected chi connectivity index (χ0v) is 16.2. The smallest absolute Gasteiger partial charge is 0.242 e. The first-order valence-electron chi connectivity index (χ1n) is 7.97. The van der Waals surface area contributed by atoms with Gasteiger partial charge in [-0.3, -0.25) is 4.79 Å². The van der Waals surface area contributed by atoms with Crippen molar-refractivity contribution < 1.29 is 4.79 Å². The molecule has 0 saturated heterocycles. The lowest BCUT2D eigenvalue weighted by Crippen LogP contribution is -2.19. The lowest BCUT2D eigenvalue weighted by atomic mass is 10.1. The molecule has 1 amide bonds.